The van der Waals surface area contributed by atoms with Gasteiger partial charge >= 0.3 is 11.9 Å². The number of rotatable bonds is 8. The summed E-state index contributed by atoms with van der Waals surface area (Å²) in [5.41, 5.74) is 0.104. The topological polar surface area (TPSA) is 135 Å². The minimum absolute atomic E-state index is 0.00216. The zero-order valence-electron chi connectivity index (χ0n) is 17.8. The zero-order chi connectivity index (χ0) is 24.4. The lowest BCUT2D eigenvalue weighted by Crippen LogP contribution is -2.70. The Labute approximate surface area is 206 Å². The van der Waals surface area contributed by atoms with Crippen LogP contribution in [0.2, 0.25) is 0 Å². The number of hydrogen-bond acceptors (Lipinski definition) is 8. The second-order valence-corrected chi connectivity index (χ2v) is 9.34. The Bertz CT molecular complexity index is 1190. The summed E-state index contributed by atoms with van der Waals surface area (Å²) >= 11 is 4.66. The third kappa shape index (κ3) is 4.82. The van der Waals surface area contributed by atoms with Crippen molar-refractivity contribution in [2.75, 3.05) is 12.4 Å². The molecule has 10 nitrogen and oxygen atoms in total. The van der Waals surface area contributed by atoms with Crippen molar-refractivity contribution in [3.8, 4) is 5.75 Å². The molecule has 178 valence electrons. The lowest BCUT2D eigenvalue weighted by molar-refractivity contribution is -0.149. The molecule has 0 bridgehead atoms. The maximum atomic E-state index is 12.7. The van der Waals surface area contributed by atoms with Crippen molar-refractivity contribution in [2.45, 2.75) is 24.9 Å². The second-order valence-electron chi connectivity index (χ2n) is 7.38. The van der Waals surface area contributed by atoms with E-state index in [0.29, 0.717) is 17.1 Å². The smallest absolute Gasteiger partial charge is 0.352 e. The predicted octanol–water partition coefficient (Wildman–Crippen LogP) is 2.54. The van der Waals surface area contributed by atoms with E-state index in [0.717, 1.165) is 9.37 Å². The van der Waals surface area contributed by atoms with Crippen molar-refractivity contribution < 1.29 is 38.2 Å². The molecule has 2 aliphatic heterocycles. The molecule has 0 unspecified atom stereocenters. The van der Waals surface area contributed by atoms with Crippen LogP contribution < -0.4 is 10.1 Å². The number of ether oxygens (including phenoxy) is 2. The molecular weight excluding hydrogens is 532 g/mol. The molecule has 34 heavy (non-hydrogen) atoms. The van der Waals surface area contributed by atoms with E-state index in [1.165, 1.54) is 24.8 Å². The number of fused-ring (bicyclic) bond motifs is 1. The molecule has 1 aromatic heterocycles. The number of nitrogens with zero attached hydrogens (tertiary/aromatic N) is 1. The van der Waals surface area contributed by atoms with Crippen molar-refractivity contribution in [1.29, 1.82) is 0 Å². The Balaban J connectivity index is 1.39. The van der Waals surface area contributed by atoms with Crippen LogP contribution in [0.4, 0.5) is 0 Å². The lowest BCUT2D eigenvalue weighted by Gasteiger charge is -2.49. The second kappa shape index (κ2) is 9.94. The molecule has 12 heteroatoms. The molecule has 4 rings (SSSR count). The first-order valence-electron chi connectivity index (χ1n) is 10.1. The molecule has 0 spiro atoms. The third-order valence-corrected chi connectivity index (χ3v) is 7.07. The van der Waals surface area contributed by atoms with Crippen LogP contribution in [0.3, 0.4) is 0 Å². The number of amides is 2. The van der Waals surface area contributed by atoms with E-state index in [4.69, 9.17) is 13.9 Å². The van der Waals surface area contributed by atoms with E-state index in [1.54, 1.807) is 12.1 Å². The predicted molar refractivity (Wildman–Crippen MR) is 123 cm³/mol. The largest absolute Gasteiger partial charge is 0.484 e. The van der Waals surface area contributed by atoms with Crippen LogP contribution in [0.1, 0.15) is 23.2 Å². The van der Waals surface area contributed by atoms with E-state index < -0.39 is 35.2 Å². The maximum Gasteiger partial charge on any atom is 0.352 e. The molecule has 2 N–H and O–H groups in total. The van der Waals surface area contributed by atoms with Gasteiger partial charge in [-0.15, -0.1) is 11.8 Å². The van der Waals surface area contributed by atoms with E-state index in [2.05, 4.69) is 21.2 Å². The Morgan fingerprint density at radius 2 is 2.00 bits per heavy atom. The van der Waals surface area contributed by atoms with Crippen LogP contribution in [-0.4, -0.2) is 57.5 Å². The van der Waals surface area contributed by atoms with Crippen LogP contribution in [0.15, 0.2) is 56.6 Å². The number of esters is 1. The highest BCUT2D eigenvalue weighted by Crippen LogP contribution is 2.40. The summed E-state index contributed by atoms with van der Waals surface area (Å²) in [7, 11) is 0. The number of para-hydroxylation sites is 1. The van der Waals surface area contributed by atoms with Gasteiger partial charge in [0.15, 0.2) is 5.76 Å². The SMILES string of the molecule is CC(=O)OCC1=C(C(=O)O)N2C(=O)[C@@H](NC(=O)c3ccc(COc4ccccc4Br)o3)[C@H]2SC1. The molecule has 1 aromatic carbocycles. The van der Waals surface area contributed by atoms with Crippen LogP contribution in [0.5, 0.6) is 5.75 Å². The van der Waals surface area contributed by atoms with Crippen molar-refractivity contribution in [2.24, 2.45) is 0 Å². The zero-order valence-corrected chi connectivity index (χ0v) is 20.2. The average molecular weight is 551 g/mol. The summed E-state index contributed by atoms with van der Waals surface area (Å²) in [6.45, 7) is 1.10. The molecule has 2 aliphatic rings. The Morgan fingerprint density at radius 1 is 1.24 bits per heavy atom. The fourth-order valence-electron chi connectivity index (χ4n) is 3.48. The highest BCUT2D eigenvalue weighted by atomic mass is 79.9. The van der Waals surface area contributed by atoms with E-state index >= 15 is 0 Å². The average Bonchev–Trinajstić information content (AvgIpc) is 3.28. The molecule has 3 heterocycles. The number of furan rings is 1. The maximum absolute atomic E-state index is 12.7. The first-order chi connectivity index (χ1) is 16.3. The third-order valence-electron chi connectivity index (χ3n) is 5.08. The molecule has 2 amide bonds. The number of carbonyl (C=O) groups excluding carboxylic acids is 3. The van der Waals surface area contributed by atoms with Gasteiger partial charge in [0, 0.05) is 18.2 Å². The summed E-state index contributed by atoms with van der Waals surface area (Å²) in [6, 6.07) is 9.47. The molecule has 0 aliphatic carbocycles. The number of thioether (sulfide) groups is 1. The quantitative estimate of drug-likeness (QED) is 0.375. The minimum atomic E-state index is -1.30. The fourth-order valence-corrected chi connectivity index (χ4v) is 5.21. The van der Waals surface area contributed by atoms with Gasteiger partial charge in [-0.3, -0.25) is 19.3 Å². The summed E-state index contributed by atoms with van der Waals surface area (Å²) in [5.74, 6) is -1.73. The molecule has 1 fully saturated rings. The van der Waals surface area contributed by atoms with Crippen molar-refractivity contribution in [3.05, 3.63) is 63.7 Å². The molecule has 2 atom stereocenters. The molecule has 2 aromatic rings. The number of carboxylic acid groups (broad SMARTS) is 1. The lowest BCUT2D eigenvalue weighted by atomic mass is 10.0. The molecule has 0 saturated carbocycles. The van der Waals surface area contributed by atoms with Crippen molar-refractivity contribution >= 4 is 51.4 Å². The first-order valence-corrected chi connectivity index (χ1v) is 11.9. The highest BCUT2D eigenvalue weighted by molar-refractivity contribution is 9.10. The van der Waals surface area contributed by atoms with E-state index in [-0.39, 0.29) is 30.4 Å². The number of benzene rings is 1. The van der Waals surface area contributed by atoms with E-state index in [9.17, 15) is 24.3 Å². The summed E-state index contributed by atoms with van der Waals surface area (Å²) < 4.78 is 16.9. The van der Waals surface area contributed by atoms with Gasteiger partial charge in [-0.2, -0.15) is 0 Å². The van der Waals surface area contributed by atoms with Gasteiger partial charge in [-0.25, -0.2) is 4.79 Å². The summed E-state index contributed by atoms with van der Waals surface area (Å²) in [4.78, 5) is 49.3. The molecular formula is C22H19BrN2O8S. The van der Waals surface area contributed by atoms with Gasteiger partial charge in [0.1, 0.15) is 41.8 Å². The number of β-lactam (4-membered cyclic amide) rings is 1. The normalized spacial score (nSPS) is 19.2. The summed E-state index contributed by atoms with van der Waals surface area (Å²) in [5, 5.41) is 11.6. The standard InChI is InChI=1S/C22H19BrN2O8S/c1-11(26)31-8-12-10-34-21-17(20(28)25(21)18(12)22(29)30)24-19(27)16-7-6-13(33-16)9-32-15-5-3-2-4-14(15)23/h2-7,17,21H,8-10H2,1H3,(H,24,27)(H,29,30)/t17-,21-/m1/s1. The number of carboxylic acids is 1. The van der Waals surface area contributed by atoms with Gasteiger partial charge in [-0.05, 0) is 40.2 Å². The number of aliphatic carboxylic acids is 1. The number of halogens is 1. The van der Waals surface area contributed by atoms with Crippen molar-refractivity contribution in [1.82, 2.24) is 10.2 Å². The number of carbonyl (C=O) groups is 4. The Kier molecular flexibility index (Phi) is 6.98. The summed E-state index contributed by atoms with van der Waals surface area (Å²) in [6.07, 6.45) is 0. The fraction of sp³-hybridized carbons (Fsp3) is 0.273. The van der Waals surface area contributed by atoms with Crippen LogP contribution in [0.25, 0.3) is 0 Å². The minimum Gasteiger partial charge on any atom is -0.484 e. The highest BCUT2D eigenvalue weighted by Gasteiger charge is 2.54. The number of nitrogens with one attached hydrogen (secondary N) is 1. The first kappa shape index (κ1) is 23.9. The van der Waals surface area contributed by atoms with Crippen LogP contribution in [0, 0.1) is 0 Å². The van der Waals surface area contributed by atoms with Gasteiger partial charge in [-0.1, -0.05) is 12.1 Å². The van der Waals surface area contributed by atoms with E-state index in [1.807, 2.05) is 18.2 Å². The van der Waals surface area contributed by atoms with Crippen LogP contribution >= 0.6 is 27.7 Å². The van der Waals surface area contributed by atoms with Gasteiger partial charge in [0.2, 0.25) is 0 Å². The number of hydrogen-bond donors (Lipinski definition) is 2. The Hall–Kier alpha value is -3.25. The van der Waals surface area contributed by atoms with Crippen molar-refractivity contribution in [3.63, 3.8) is 0 Å². The van der Waals surface area contributed by atoms with Crippen LogP contribution in [-0.2, 0) is 25.7 Å². The molecule has 0 radical (unpaired) electrons. The van der Waals surface area contributed by atoms with Gasteiger partial charge < -0.3 is 24.3 Å². The van der Waals surface area contributed by atoms with Gasteiger partial charge in [0.25, 0.3) is 11.8 Å². The van der Waals surface area contributed by atoms with Gasteiger partial charge in [0.05, 0.1) is 4.47 Å². The monoisotopic (exact) mass is 550 g/mol. The molecule has 1 saturated heterocycles. The Morgan fingerprint density at radius 3 is 2.71 bits per heavy atom.